The molecule has 3 aliphatic heterocycles. The highest BCUT2D eigenvalue weighted by Crippen LogP contribution is 2.52. The molecule has 0 spiro atoms. The maximum atomic E-state index is 10.0. The fourth-order valence-electron chi connectivity index (χ4n) is 6.23. The van der Waals surface area contributed by atoms with Crippen molar-refractivity contribution >= 4 is 75.1 Å². The minimum Gasteiger partial charge on any atom is -0.508 e. The van der Waals surface area contributed by atoms with Crippen LogP contribution in [0, 0.1) is 0 Å². The standard InChI is InChI=1S/C21H15Br2NO.C14H11Br2NO/c22-15-7-9-18-14(10-15)11-19-17-8-6-16(23)12-20(17)25-21(24(18)19)13-4-2-1-3-5-13;15-9-2-4-12-8(5-9)6-13(17-12)11-3-1-10(16)7-14(11)18/h1-10,12,19,21H,11H2;1-5,7,13,17-18H,6H2/t19?,21-;13-/m01/s1. The van der Waals surface area contributed by atoms with Crippen molar-refractivity contribution in [3.63, 3.8) is 0 Å². The van der Waals surface area contributed by atoms with Gasteiger partial charge in [-0.2, -0.15) is 0 Å². The quantitative estimate of drug-likeness (QED) is 0.186. The van der Waals surface area contributed by atoms with Gasteiger partial charge >= 0.3 is 0 Å². The average Bonchev–Trinajstić information content (AvgIpc) is 3.58. The number of halogens is 4. The predicted octanol–water partition coefficient (Wildman–Crippen LogP) is 11.0. The molecule has 0 saturated carbocycles. The molecule has 0 bridgehead atoms. The number of nitrogens with one attached hydrogen (secondary N) is 1. The molecule has 1 unspecified atom stereocenters. The molecule has 3 aliphatic rings. The Labute approximate surface area is 284 Å². The SMILES string of the molecule is Brc1ccc2c(c1)CC1c3ccc(Br)cc3O[C@@H](c3ccccc3)N21.Oc1cc(Br)ccc1[C@H]1Cc2cc(Br)ccc2N1. The molecule has 2 N–H and O–H groups in total. The third kappa shape index (κ3) is 5.75. The van der Waals surface area contributed by atoms with E-state index in [2.05, 4.69) is 147 Å². The van der Waals surface area contributed by atoms with Crippen LogP contribution in [0.5, 0.6) is 11.5 Å². The smallest absolute Gasteiger partial charge is 0.199 e. The molecule has 3 atom stereocenters. The number of anilines is 2. The van der Waals surface area contributed by atoms with Gasteiger partial charge in [0.2, 0.25) is 0 Å². The van der Waals surface area contributed by atoms with Crippen molar-refractivity contribution in [1.82, 2.24) is 0 Å². The zero-order valence-corrected chi connectivity index (χ0v) is 29.1. The van der Waals surface area contributed by atoms with Gasteiger partial charge in [0.05, 0.1) is 12.1 Å². The summed E-state index contributed by atoms with van der Waals surface area (Å²) in [5.41, 5.74) is 8.40. The third-order valence-corrected chi connectivity index (χ3v) is 10.1. The second kappa shape index (κ2) is 12.0. The van der Waals surface area contributed by atoms with Crippen LogP contribution >= 0.6 is 63.7 Å². The van der Waals surface area contributed by atoms with Crippen molar-refractivity contribution < 1.29 is 9.84 Å². The summed E-state index contributed by atoms with van der Waals surface area (Å²) in [7, 11) is 0. The van der Waals surface area contributed by atoms with Gasteiger partial charge in [-0.15, -0.1) is 0 Å². The molecule has 5 aromatic rings. The van der Waals surface area contributed by atoms with E-state index in [1.807, 2.05) is 24.3 Å². The molecule has 43 heavy (non-hydrogen) atoms. The molecule has 4 nitrogen and oxygen atoms in total. The van der Waals surface area contributed by atoms with E-state index < -0.39 is 0 Å². The monoisotopic (exact) mass is 822 g/mol. The average molecular weight is 826 g/mol. The first-order chi connectivity index (χ1) is 20.8. The molecule has 5 aromatic carbocycles. The lowest BCUT2D eigenvalue weighted by molar-refractivity contribution is 0.167. The minimum atomic E-state index is -0.115. The number of phenolic OH excluding ortho intramolecular Hbond substituents is 1. The van der Waals surface area contributed by atoms with E-state index in [0.29, 0.717) is 11.8 Å². The van der Waals surface area contributed by atoms with Crippen LogP contribution in [0.2, 0.25) is 0 Å². The normalized spacial score (nSPS) is 19.2. The Bertz CT molecular complexity index is 1830. The lowest BCUT2D eigenvalue weighted by Gasteiger charge is -2.41. The largest absolute Gasteiger partial charge is 0.508 e. The van der Waals surface area contributed by atoms with Crippen molar-refractivity contribution in [3.05, 3.63) is 149 Å². The van der Waals surface area contributed by atoms with E-state index in [-0.39, 0.29) is 12.3 Å². The summed E-state index contributed by atoms with van der Waals surface area (Å²) < 4.78 is 10.6. The Morgan fingerprint density at radius 1 is 0.674 bits per heavy atom. The number of fused-ring (bicyclic) bond motifs is 6. The second-order valence-corrected chi connectivity index (χ2v) is 14.5. The van der Waals surface area contributed by atoms with E-state index in [1.165, 1.54) is 27.9 Å². The highest BCUT2D eigenvalue weighted by molar-refractivity contribution is 9.11. The first-order valence-electron chi connectivity index (χ1n) is 14.0. The van der Waals surface area contributed by atoms with Crippen LogP contribution in [-0.2, 0) is 12.8 Å². The summed E-state index contributed by atoms with van der Waals surface area (Å²) in [5.74, 6) is 1.30. The van der Waals surface area contributed by atoms with Gasteiger partial charge in [-0.3, -0.25) is 0 Å². The highest BCUT2D eigenvalue weighted by Gasteiger charge is 2.42. The molecule has 8 heteroatoms. The van der Waals surface area contributed by atoms with E-state index in [0.717, 1.165) is 47.7 Å². The summed E-state index contributed by atoms with van der Waals surface area (Å²) in [6, 6.07) is 35.7. The molecule has 0 aliphatic carbocycles. The number of hydrogen-bond donors (Lipinski definition) is 2. The summed E-state index contributed by atoms with van der Waals surface area (Å²) in [6.07, 6.45) is 1.77. The maximum Gasteiger partial charge on any atom is 0.199 e. The Hall–Kier alpha value is -2.78. The number of benzene rings is 5. The van der Waals surface area contributed by atoms with Crippen molar-refractivity contribution in [1.29, 1.82) is 0 Å². The summed E-state index contributed by atoms with van der Waals surface area (Å²) in [4.78, 5) is 2.42. The number of nitrogens with zero attached hydrogens (tertiary/aromatic N) is 1. The molecule has 8 rings (SSSR count). The lowest BCUT2D eigenvalue weighted by atomic mass is 9.99. The van der Waals surface area contributed by atoms with Crippen LogP contribution < -0.4 is 15.0 Å². The molecule has 216 valence electrons. The van der Waals surface area contributed by atoms with E-state index in [1.54, 1.807) is 6.07 Å². The Kier molecular flexibility index (Phi) is 8.05. The van der Waals surface area contributed by atoms with Crippen molar-refractivity contribution in [2.45, 2.75) is 31.2 Å². The van der Waals surface area contributed by atoms with E-state index >= 15 is 0 Å². The van der Waals surface area contributed by atoms with Crippen LogP contribution in [0.1, 0.15) is 46.1 Å². The molecule has 3 heterocycles. The van der Waals surface area contributed by atoms with Gasteiger partial charge in [-0.1, -0.05) is 106 Å². The Balaban J connectivity index is 0.000000148. The maximum absolute atomic E-state index is 10.0. The molecular formula is C35H26Br4N2O2. The first kappa shape index (κ1) is 29.0. The highest BCUT2D eigenvalue weighted by atomic mass is 79.9. The molecular weight excluding hydrogens is 800 g/mol. The summed E-state index contributed by atoms with van der Waals surface area (Å²) in [5, 5.41) is 13.4. The third-order valence-electron chi connectivity index (χ3n) is 8.17. The number of ether oxygens (including phenoxy) is 1. The zero-order chi connectivity index (χ0) is 29.7. The fraction of sp³-hybridized carbons (Fsp3) is 0.143. The van der Waals surface area contributed by atoms with Crippen LogP contribution in [0.15, 0.2) is 121 Å². The Morgan fingerprint density at radius 2 is 1.33 bits per heavy atom. The van der Waals surface area contributed by atoms with Gasteiger partial charge in [0.1, 0.15) is 11.5 Å². The number of phenols is 1. The van der Waals surface area contributed by atoms with Crippen molar-refractivity contribution in [2.75, 3.05) is 10.2 Å². The van der Waals surface area contributed by atoms with Gasteiger partial charge in [0.15, 0.2) is 6.23 Å². The molecule has 0 radical (unpaired) electrons. The molecule has 0 amide bonds. The fourth-order valence-corrected chi connectivity index (χ4v) is 7.74. The van der Waals surface area contributed by atoms with E-state index in [9.17, 15) is 5.11 Å². The number of rotatable bonds is 2. The Morgan fingerprint density at radius 3 is 2.09 bits per heavy atom. The first-order valence-corrected chi connectivity index (χ1v) is 17.1. The van der Waals surface area contributed by atoms with Gasteiger partial charge in [-0.25, -0.2) is 0 Å². The summed E-state index contributed by atoms with van der Waals surface area (Å²) >= 11 is 14.0. The lowest BCUT2D eigenvalue weighted by Crippen LogP contribution is -2.37. The van der Waals surface area contributed by atoms with Crippen LogP contribution in [0.4, 0.5) is 11.4 Å². The van der Waals surface area contributed by atoms with Gasteiger partial charge in [0, 0.05) is 46.0 Å². The minimum absolute atomic E-state index is 0.115. The predicted molar refractivity (Wildman–Crippen MR) is 187 cm³/mol. The van der Waals surface area contributed by atoms with Gasteiger partial charge in [0.25, 0.3) is 0 Å². The number of hydrogen-bond acceptors (Lipinski definition) is 4. The second-order valence-electron chi connectivity index (χ2n) is 10.9. The molecule has 0 aromatic heterocycles. The topological polar surface area (TPSA) is 44.7 Å². The van der Waals surface area contributed by atoms with Gasteiger partial charge < -0.3 is 20.1 Å². The molecule has 0 saturated heterocycles. The van der Waals surface area contributed by atoms with Crippen molar-refractivity contribution in [3.8, 4) is 11.5 Å². The number of aromatic hydroxyl groups is 1. The van der Waals surface area contributed by atoms with Gasteiger partial charge in [-0.05, 0) is 84.6 Å². The summed E-state index contributed by atoms with van der Waals surface area (Å²) in [6.45, 7) is 0. The van der Waals surface area contributed by atoms with Crippen LogP contribution in [-0.4, -0.2) is 5.11 Å². The molecule has 0 fully saturated rings. The zero-order valence-electron chi connectivity index (χ0n) is 22.8. The van der Waals surface area contributed by atoms with Crippen molar-refractivity contribution in [2.24, 2.45) is 0 Å². The van der Waals surface area contributed by atoms with Crippen LogP contribution in [0.3, 0.4) is 0 Å². The van der Waals surface area contributed by atoms with Crippen LogP contribution in [0.25, 0.3) is 0 Å². The van der Waals surface area contributed by atoms with E-state index in [4.69, 9.17) is 4.74 Å².